The van der Waals surface area contributed by atoms with E-state index in [1.54, 1.807) is 7.11 Å². The third-order valence-electron chi connectivity index (χ3n) is 5.04. The molecule has 0 spiro atoms. The van der Waals surface area contributed by atoms with Crippen LogP contribution in [-0.2, 0) is 19.6 Å². The summed E-state index contributed by atoms with van der Waals surface area (Å²) in [6.45, 7) is 2.04. The summed E-state index contributed by atoms with van der Waals surface area (Å²) >= 11 is 0. The summed E-state index contributed by atoms with van der Waals surface area (Å²) in [6, 6.07) is 23.9. The molecule has 0 bridgehead atoms. The quantitative estimate of drug-likeness (QED) is 0.454. The Morgan fingerprint density at radius 2 is 1.57 bits per heavy atom. The molecule has 2 aromatic carbocycles. The molecule has 0 aliphatic heterocycles. The van der Waals surface area contributed by atoms with Crippen molar-refractivity contribution in [3.8, 4) is 11.8 Å². The lowest BCUT2D eigenvalue weighted by Gasteiger charge is -2.24. The molecule has 0 saturated carbocycles. The SMILES string of the molecule is COc1ccc2cc(C#N)ccc2c1CN(Cc1ccccn1)Cc1ccccn1. The van der Waals surface area contributed by atoms with Crippen molar-refractivity contribution in [1.29, 1.82) is 5.26 Å². The number of hydrogen-bond donors (Lipinski definition) is 0. The number of nitrogens with zero attached hydrogens (tertiary/aromatic N) is 4. The van der Waals surface area contributed by atoms with Crippen LogP contribution in [0.5, 0.6) is 5.75 Å². The number of ether oxygens (including phenoxy) is 1. The molecule has 5 heteroatoms. The number of hydrogen-bond acceptors (Lipinski definition) is 5. The zero-order valence-electron chi connectivity index (χ0n) is 16.8. The molecule has 2 heterocycles. The lowest BCUT2D eigenvalue weighted by Crippen LogP contribution is -2.24. The molecule has 0 saturated heterocycles. The molecule has 0 radical (unpaired) electrons. The van der Waals surface area contributed by atoms with E-state index in [1.165, 1.54) is 0 Å². The van der Waals surface area contributed by atoms with Gasteiger partial charge in [-0.15, -0.1) is 0 Å². The minimum atomic E-state index is 0.650. The molecule has 4 rings (SSSR count). The second-order valence-corrected chi connectivity index (χ2v) is 7.08. The van der Waals surface area contributed by atoms with E-state index in [0.29, 0.717) is 25.2 Å². The number of fused-ring (bicyclic) bond motifs is 1. The first-order valence-corrected chi connectivity index (χ1v) is 9.79. The van der Waals surface area contributed by atoms with Crippen molar-refractivity contribution in [2.75, 3.05) is 7.11 Å². The van der Waals surface area contributed by atoms with E-state index in [4.69, 9.17) is 4.74 Å². The zero-order valence-corrected chi connectivity index (χ0v) is 16.8. The van der Waals surface area contributed by atoms with Gasteiger partial charge in [-0.2, -0.15) is 5.26 Å². The zero-order chi connectivity index (χ0) is 20.8. The third-order valence-corrected chi connectivity index (χ3v) is 5.04. The van der Waals surface area contributed by atoms with Crippen molar-refractivity contribution in [3.63, 3.8) is 0 Å². The summed E-state index contributed by atoms with van der Waals surface area (Å²) in [5.74, 6) is 0.833. The highest BCUT2D eigenvalue weighted by Crippen LogP contribution is 2.30. The van der Waals surface area contributed by atoms with Crippen LogP contribution in [0.15, 0.2) is 79.1 Å². The number of rotatable bonds is 7. The van der Waals surface area contributed by atoms with Crippen LogP contribution in [0.3, 0.4) is 0 Å². The van der Waals surface area contributed by atoms with E-state index < -0.39 is 0 Å². The Labute approximate surface area is 176 Å². The topological polar surface area (TPSA) is 62.0 Å². The van der Waals surface area contributed by atoms with Gasteiger partial charge in [0.15, 0.2) is 0 Å². The van der Waals surface area contributed by atoms with Crippen LogP contribution in [0, 0.1) is 11.3 Å². The normalized spacial score (nSPS) is 10.8. The van der Waals surface area contributed by atoms with E-state index in [0.717, 1.165) is 33.5 Å². The lowest BCUT2D eigenvalue weighted by molar-refractivity contribution is 0.239. The smallest absolute Gasteiger partial charge is 0.123 e. The van der Waals surface area contributed by atoms with Gasteiger partial charge in [0.25, 0.3) is 0 Å². The molecule has 30 heavy (non-hydrogen) atoms. The van der Waals surface area contributed by atoms with Gasteiger partial charge in [-0.25, -0.2) is 0 Å². The molecule has 148 valence electrons. The molecular formula is C25H22N4O. The van der Waals surface area contributed by atoms with Gasteiger partial charge in [-0.05, 0) is 53.2 Å². The number of benzene rings is 2. The maximum absolute atomic E-state index is 9.24. The highest BCUT2D eigenvalue weighted by molar-refractivity contribution is 5.88. The van der Waals surface area contributed by atoms with E-state index in [1.807, 2.05) is 79.1 Å². The van der Waals surface area contributed by atoms with Crippen molar-refractivity contribution in [2.24, 2.45) is 0 Å². The fraction of sp³-hybridized carbons (Fsp3) is 0.160. The average molecular weight is 394 g/mol. The molecule has 0 amide bonds. The van der Waals surface area contributed by atoms with Gasteiger partial charge in [-0.1, -0.05) is 24.3 Å². The number of methoxy groups -OCH3 is 1. The summed E-state index contributed by atoms with van der Waals surface area (Å²) in [4.78, 5) is 11.3. The van der Waals surface area contributed by atoms with Gasteiger partial charge in [0.2, 0.25) is 0 Å². The molecule has 0 atom stereocenters. The molecule has 0 unspecified atom stereocenters. The molecule has 4 aromatic rings. The average Bonchev–Trinajstić information content (AvgIpc) is 2.80. The first-order valence-electron chi connectivity index (χ1n) is 9.79. The largest absolute Gasteiger partial charge is 0.496 e. The van der Waals surface area contributed by atoms with Crippen LogP contribution in [0.25, 0.3) is 10.8 Å². The highest BCUT2D eigenvalue weighted by Gasteiger charge is 2.16. The van der Waals surface area contributed by atoms with Gasteiger partial charge in [-0.3, -0.25) is 14.9 Å². The number of pyridine rings is 2. The first-order chi connectivity index (χ1) is 14.8. The Kier molecular flexibility index (Phi) is 5.98. The Bertz CT molecular complexity index is 1130. The second-order valence-electron chi connectivity index (χ2n) is 7.08. The summed E-state index contributed by atoms with van der Waals surface area (Å²) in [7, 11) is 1.69. The standard InChI is InChI=1S/C25H22N4O/c1-30-25-11-9-20-14-19(15-26)8-10-23(20)24(25)18-29(16-21-6-2-4-12-27-21)17-22-7-3-5-13-28-22/h2-14H,16-18H2,1H3. The fourth-order valence-corrected chi connectivity index (χ4v) is 3.63. The molecular weight excluding hydrogens is 372 g/mol. The molecule has 2 aromatic heterocycles. The molecule has 0 aliphatic carbocycles. The number of aromatic nitrogens is 2. The second kappa shape index (κ2) is 9.17. The van der Waals surface area contributed by atoms with E-state index in [2.05, 4.69) is 20.9 Å². The third kappa shape index (κ3) is 4.45. The lowest BCUT2D eigenvalue weighted by atomic mass is 10.0. The van der Waals surface area contributed by atoms with Crippen molar-refractivity contribution in [3.05, 3.63) is 102 Å². The van der Waals surface area contributed by atoms with Crippen LogP contribution in [0.2, 0.25) is 0 Å². The highest BCUT2D eigenvalue weighted by atomic mass is 16.5. The van der Waals surface area contributed by atoms with Crippen LogP contribution in [-0.4, -0.2) is 22.0 Å². The van der Waals surface area contributed by atoms with Crippen LogP contribution in [0.1, 0.15) is 22.5 Å². The van der Waals surface area contributed by atoms with E-state index in [9.17, 15) is 5.26 Å². The molecule has 0 N–H and O–H groups in total. The van der Waals surface area contributed by atoms with Crippen molar-refractivity contribution < 1.29 is 4.74 Å². The first kappa shape index (κ1) is 19.6. The predicted molar refractivity (Wildman–Crippen MR) is 117 cm³/mol. The van der Waals surface area contributed by atoms with Crippen LogP contribution in [0.4, 0.5) is 0 Å². The van der Waals surface area contributed by atoms with Crippen molar-refractivity contribution in [1.82, 2.24) is 14.9 Å². The monoisotopic (exact) mass is 394 g/mol. The van der Waals surface area contributed by atoms with Crippen LogP contribution >= 0.6 is 0 Å². The van der Waals surface area contributed by atoms with Gasteiger partial charge >= 0.3 is 0 Å². The minimum Gasteiger partial charge on any atom is -0.496 e. The predicted octanol–water partition coefficient (Wildman–Crippen LogP) is 4.71. The molecule has 0 fully saturated rings. The minimum absolute atomic E-state index is 0.650. The summed E-state index contributed by atoms with van der Waals surface area (Å²) in [5, 5.41) is 11.4. The van der Waals surface area contributed by atoms with Gasteiger partial charge < -0.3 is 4.74 Å². The number of nitriles is 1. The maximum atomic E-state index is 9.24. The van der Waals surface area contributed by atoms with E-state index >= 15 is 0 Å². The molecule has 5 nitrogen and oxygen atoms in total. The molecule has 0 aliphatic rings. The summed E-state index contributed by atoms with van der Waals surface area (Å²) in [5.41, 5.74) is 3.74. The Morgan fingerprint density at radius 3 is 2.13 bits per heavy atom. The van der Waals surface area contributed by atoms with Crippen molar-refractivity contribution >= 4 is 10.8 Å². The van der Waals surface area contributed by atoms with Crippen molar-refractivity contribution in [2.45, 2.75) is 19.6 Å². The maximum Gasteiger partial charge on any atom is 0.123 e. The van der Waals surface area contributed by atoms with E-state index in [-0.39, 0.29) is 0 Å². The summed E-state index contributed by atoms with van der Waals surface area (Å²) in [6.07, 6.45) is 3.63. The van der Waals surface area contributed by atoms with Crippen LogP contribution < -0.4 is 4.74 Å². The Morgan fingerprint density at radius 1 is 0.867 bits per heavy atom. The summed E-state index contributed by atoms with van der Waals surface area (Å²) < 4.78 is 5.69. The Hall–Kier alpha value is -3.75. The Balaban J connectivity index is 1.72. The van der Waals surface area contributed by atoms with Gasteiger partial charge in [0.1, 0.15) is 5.75 Å². The van der Waals surface area contributed by atoms with Gasteiger partial charge in [0.05, 0.1) is 30.1 Å². The fourth-order valence-electron chi connectivity index (χ4n) is 3.63. The van der Waals surface area contributed by atoms with Gasteiger partial charge in [0, 0.05) is 37.6 Å².